The number of rotatable bonds is 7. The predicted molar refractivity (Wildman–Crippen MR) is 109 cm³/mol. The van der Waals surface area contributed by atoms with Gasteiger partial charge in [-0.2, -0.15) is 17.0 Å². The first-order valence-corrected chi connectivity index (χ1v) is 12.8. The summed E-state index contributed by atoms with van der Waals surface area (Å²) >= 11 is 0. The second-order valence-corrected chi connectivity index (χ2v) is 11.0. The molecule has 0 radical (unpaired) electrons. The molecule has 2 heterocycles. The molecule has 3 N–H and O–H groups in total. The fourth-order valence-electron chi connectivity index (χ4n) is 3.75. The van der Waals surface area contributed by atoms with E-state index < -0.39 is 20.2 Å². The minimum atomic E-state index is -3.71. The van der Waals surface area contributed by atoms with Crippen LogP contribution in [0.25, 0.3) is 0 Å². The number of hydrogen-bond donors (Lipinski definition) is 2. The molecule has 1 aromatic rings. The molecule has 0 unspecified atom stereocenters. The van der Waals surface area contributed by atoms with Gasteiger partial charge in [0.25, 0.3) is 10.2 Å². The van der Waals surface area contributed by atoms with Crippen LogP contribution in [0.5, 0.6) is 0 Å². The van der Waals surface area contributed by atoms with E-state index in [2.05, 4.69) is 5.32 Å². The van der Waals surface area contributed by atoms with E-state index in [9.17, 15) is 21.6 Å². The average molecular weight is 445 g/mol. The third-order valence-corrected chi connectivity index (χ3v) is 8.47. The molecule has 29 heavy (non-hydrogen) atoms. The predicted octanol–water partition coefficient (Wildman–Crippen LogP) is 0.0453. The monoisotopic (exact) mass is 444 g/mol. The van der Waals surface area contributed by atoms with Gasteiger partial charge >= 0.3 is 0 Å². The summed E-state index contributed by atoms with van der Waals surface area (Å²) in [5, 5.41) is 7.97. The number of piperidine rings is 1. The highest BCUT2D eigenvalue weighted by Gasteiger charge is 2.35. The van der Waals surface area contributed by atoms with E-state index in [0.717, 1.165) is 18.4 Å². The van der Waals surface area contributed by atoms with E-state index in [-0.39, 0.29) is 16.7 Å². The SMILES string of the molecule is NS(=O)(=O)c1ccc(CCNC(=O)C2CCN(S(=O)(=O)N3CCCC3)CC2)cc1. The molecule has 1 amide bonds. The Morgan fingerprint density at radius 3 is 2.07 bits per heavy atom. The molecule has 9 nitrogen and oxygen atoms in total. The van der Waals surface area contributed by atoms with Gasteiger partial charge in [0.2, 0.25) is 15.9 Å². The number of hydrogen-bond acceptors (Lipinski definition) is 5. The van der Waals surface area contributed by atoms with Crippen molar-refractivity contribution in [2.24, 2.45) is 11.1 Å². The number of nitrogens with two attached hydrogens (primary N) is 1. The Morgan fingerprint density at radius 2 is 1.52 bits per heavy atom. The zero-order valence-corrected chi connectivity index (χ0v) is 17.9. The van der Waals surface area contributed by atoms with Gasteiger partial charge in [-0.05, 0) is 49.8 Å². The molecule has 0 atom stereocenters. The van der Waals surface area contributed by atoms with Crippen LogP contribution in [0.15, 0.2) is 29.2 Å². The van der Waals surface area contributed by atoms with Gasteiger partial charge in [-0.15, -0.1) is 0 Å². The van der Waals surface area contributed by atoms with E-state index in [1.807, 2.05) is 0 Å². The quantitative estimate of drug-likeness (QED) is 0.614. The number of benzene rings is 1. The number of sulfonamides is 1. The lowest BCUT2D eigenvalue weighted by Gasteiger charge is -2.33. The summed E-state index contributed by atoms with van der Waals surface area (Å²) in [6.07, 6.45) is 3.41. The van der Waals surface area contributed by atoms with Crippen molar-refractivity contribution < 1.29 is 21.6 Å². The first-order chi connectivity index (χ1) is 13.7. The maximum atomic E-state index is 12.6. The summed E-state index contributed by atoms with van der Waals surface area (Å²) in [6, 6.07) is 6.24. The molecule has 2 fully saturated rings. The van der Waals surface area contributed by atoms with Crippen LogP contribution in [0.4, 0.5) is 0 Å². The van der Waals surface area contributed by atoms with Crippen LogP contribution in [0.2, 0.25) is 0 Å². The number of carbonyl (C=O) groups excluding carboxylic acids is 1. The number of primary sulfonamides is 1. The van der Waals surface area contributed by atoms with Gasteiger partial charge in [0.15, 0.2) is 0 Å². The summed E-state index contributed by atoms with van der Waals surface area (Å²) in [7, 11) is -7.10. The highest BCUT2D eigenvalue weighted by Crippen LogP contribution is 2.23. The van der Waals surface area contributed by atoms with Crippen molar-refractivity contribution in [1.29, 1.82) is 0 Å². The van der Waals surface area contributed by atoms with E-state index in [4.69, 9.17) is 5.14 Å². The van der Waals surface area contributed by atoms with Crippen molar-refractivity contribution in [3.8, 4) is 0 Å². The molecule has 2 aliphatic heterocycles. The van der Waals surface area contributed by atoms with Gasteiger partial charge in [0.1, 0.15) is 0 Å². The van der Waals surface area contributed by atoms with Crippen molar-refractivity contribution in [3.05, 3.63) is 29.8 Å². The van der Waals surface area contributed by atoms with E-state index in [1.165, 1.54) is 20.7 Å². The second kappa shape index (κ2) is 9.09. The normalized spacial score (nSPS) is 20.0. The van der Waals surface area contributed by atoms with Gasteiger partial charge in [0, 0.05) is 38.6 Å². The summed E-state index contributed by atoms with van der Waals surface area (Å²) in [6.45, 7) is 2.33. The fourth-order valence-corrected chi connectivity index (χ4v) is 5.98. The number of amides is 1. The highest BCUT2D eigenvalue weighted by molar-refractivity contribution is 7.89. The number of carbonyl (C=O) groups is 1. The second-order valence-electron chi connectivity index (χ2n) is 7.52. The molecule has 2 aliphatic rings. The molecule has 0 spiro atoms. The zero-order valence-electron chi connectivity index (χ0n) is 16.3. The minimum absolute atomic E-state index is 0.0564. The Bertz CT molecular complexity index is 918. The average Bonchev–Trinajstić information content (AvgIpc) is 3.23. The van der Waals surface area contributed by atoms with Gasteiger partial charge in [-0.25, -0.2) is 13.6 Å². The van der Waals surface area contributed by atoms with Crippen LogP contribution in [0.1, 0.15) is 31.2 Å². The van der Waals surface area contributed by atoms with Crippen LogP contribution in [0.3, 0.4) is 0 Å². The van der Waals surface area contributed by atoms with Crippen LogP contribution in [0, 0.1) is 5.92 Å². The third-order valence-electron chi connectivity index (χ3n) is 5.51. The van der Waals surface area contributed by atoms with Crippen LogP contribution in [-0.2, 0) is 31.4 Å². The van der Waals surface area contributed by atoms with Gasteiger partial charge in [0.05, 0.1) is 4.90 Å². The largest absolute Gasteiger partial charge is 0.356 e. The van der Waals surface area contributed by atoms with Crippen LogP contribution < -0.4 is 10.5 Å². The van der Waals surface area contributed by atoms with Crippen molar-refractivity contribution in [3.63, 3.8) is 0 Å². The fraction of sp³-hybridized carbons (Fsp3) is 0.611. The Balaban J connectivity index is 1.43. The summed E-state index contributed by atoms with van der Waals surface area (Å²) in [5.41, 5.74) is 0.893. The lowest BCUT2D eigenvalue weighted by molar-refractivity contribution is -0.126. The van der Waals surface area contributed by atoms with E-state index in [1.54, 1.807) is 12.1 Å². The summed E-state index contributed by atoms with van der Waals surface area (Å²) in [5.74, 6) is -0.255. The van der Waals surface area contributed by atoms with Crippen molar-refractivity contribution in [2.45, 2.75) is 37.0 Å². The van der Waals surface area contributed by atoms with Gasteiger partial charge in [-0.1, -0.05) is 12.1 Å². The van der Waals surface area contributed by atoms with Crippen LogP contribution in [-0.4, -0.2) is 64.1 Å². The molecule has 0 aromatic heterocycles. The molecule has 2 saturated heterocycles. The molecule has 0 aliphatic carbocycles. The zero-order chi connectivity index (χ0) is 21.1. The Morgan fingerprint density at radius 1 is 0.966 bits per heavy atom. The lowest BCUT2D eigenvalue weighted by Crippen LogP contribution is -2.48. The molecule has 11 heteroatoms. The standard InChI is InChI=1S/C18H28N4O5S2/c19-28(24,25)17-5-3-15(4-6-17)7-10-20-18(23)16-8-13-22(14-9-16)29(26,27)21-11-1-2-12-21/h3-6,16H,1-2,7-14H2,(H,20,23)(H2,19,24,25). The molecule has 3 rings (SSSR count). The first-order valence-electron chi connectivity index (χ1n) is 9.82. The summed E-state index contributed by atoms with van der Waals surface area (Å²) in [4.78, 5) is 12.5. The molecule has 1 aromatic carbocycles. The Kier molecular flexibility index (Phi) is 6.94. The first kappa shape index (κ1) is 22.2. The number of nitrogens with one attached hydrogen (secondary N) is 1. The highest BCUT2D eigenvalue weighted by atomic mass is 32.2. The molecule has 0 saturated carbocycles. The van der Waals surface area contributed by atoms with Crippen molar-refractivity contribution in [2.75, 3.05) is 32.7 Å². The molecular formula is C18H28N4O5S2. The smallest absolute Gasteiger partial charge is 0.281 e. The molecule has 0 bridgehead atoms. The third kappa shape index (κ3) is 5.54. The van der Waals surface area contributed by atoms with Gasteiger partial charge in [-0.3, -0.25) is 4.79 Å². The van der Waals surface area contributed by atoms with E-state index in [0.29, 0.717) is 52.0 Å². The lowest BCUT2D eigenvalue weighted by atomic mass is 9.97. The molecule has 162 valence electrons. The number of nitrogens with zero attached hydrogens (tertiary/aromatic N) is 2. The maximum absolute atomic E-state index is 12.6. The van der Waals surface area contributed by atoms with Crippen molar-refractivity contribution >= 4 is 26.1 Å². The topological polar surface area (TPSA) is 130 Å². The molecular weight excluding hydrogens is 416 g/mol. The Labute approximate surface area is 172 Å². The van der Waals surface area contributed by atoms with Crippen LogP contribution >= 0.6 is 0 Å². The van der Waals surface area contributed by atoms with Crippen molar-refractivity contribution in [1.82, 2.24) is 13.9 Å². The summed E-state index contributed by atoms with van der Waals surface area (Å²) < 4.78 is 50.7. The minimum Gasteiger partial charge on any atom is -0.356 e. The Hall–Kier alpha value is -1.53. The maximum Gasteiger partial charge on any atom is 0.281 e. The van der Waals surface area contributed by atoms with Gasteiger partial charge < -0.3 is 5.32 Å². The van der Waals surface area contributed by atoms with E-state index >= 15 is 0 Å².